The van der Waals surface area contributed by atoms with Gasteiger partial charge in [0.2, 0.25) is 5.91 Å². The van der Waals surface area contributed by atoms with Crippen molar-refractivity contribution in [1.29, 1.82) is 0 Å². The number of thioether (sulfide) groups is 1. The molecule has 0 aromatic carbocycles. The SMILES string of the molecule is C[C@H](Sc1nnc(Cc2cccs2)n1C1CC1)C(=O)NCc1ccco1. The molecule has 4 rings (SSSR count). The van der Waals surface area contributed by atoms with E-state index >= 15 is 0 Å². The largest absolute Gasteiger partial charge is 0.467 e. The highest BCUT2D eigenvalue weighted by atomic mass is 32.2. The molecule has 136 valence electrons. The Morgan fingerprint density at radius 1 is 1.42 bits per heavy atom. The summed E-state index contributed by atoms with van der Waals surface area (Å²) >= 11 is 3.20. The Bertz CT molecular complexity index is 854. The van der Waals surface area contributed by atoms with Gasteiger partial charge >= 0.3 is 0 Å². The van der Waals surface area contributed by atoms with Crippen molar-refractivity contribution in [3.05, 3.63) is 52.4 Å². The molecule has 0 spiro atoms. The highest BCUT2D eigenvalue weighted by molar-refractivity contribution is 8.00. The fourth-order valence-corrected chi connectivity index (χ4v) is 4.38. The summed E-state index contributed by atoms with van der Waals surface area (Å²) < 4.78 is 7.47. The zero-order valence-corrected chi connectivity index (χ0v) is 16.1. The number of carbonyl (C=O) groups is 1. The number of amides is 1. The minimum Gasteiger partial charge on any atom is -0.467 e. The number of nitrogens with zero attached hydrogens (tertiary/aromatic N) is 3. The first-order valence-electron chi connectivity index (χ1n) is 8.63. The van der Waals surface area contributed by atoms with Crippen LogP contribution in [0.15, 0.2) is 45.5 Å². The molecule has 3 aromatic heterocycles. The summed E-state index contributed by atoms with van der Waals surface area (Å²) in [7, 11) is 0. The molecule has 1 amide bonds. The van der Waals surface area contributed by atoms with Gasteiger partial charge in [0.05, 0.1) is 18.1 Å². The van der Waals surface area contributed by atoms with Crippen LogP contribution in [0.5, 0.6) is 0 Å². The van der Waals surface area contributed by atoms with E-state index in [1.165, 1.54) is 16.6 Å². The highest BCUT2D eigenvalue weighted by Gasteiger charge is 2.31. The Balaban J connectivity index is 1.42. The van der Waals surface area contributed by atoms with Crippen LogP contribution in [-0.4, -0.2) is 25.9 Å². The first-order valence-corrected chi connectivity index (χ1v) is 10.4. The molecule has 0 bridgehead atoms. The van der Waals surface area contributed by atoms with Crippen LogP contribution in [0, 0.1) is 0 Å². The Kier molecular flexibility index (Phi) is 5.12. The molecule has 1 aliphatic rings. The summed E-state index contributed by atoms with van der Waals surface area (Å²) in [6, 6.07) is 8.30. The topological polar surface area (TPSA) is 73.0 Å². The lowest BCUT2D eigenvalue weighted by Crippen LogP contribution is -2.30. The van der Waals surface area contributed by atoms with E-state index in [9.17, 15) is 4.79 Å². The van der Waals surface area contributed by atoms with E-state index in [-0.39, 0.29) is 11.2 Å². The van der Waals surface area contributed by atoms with Gasteiger partial charge in [0, 0.05) is 17.3 Å². The number of nitrogens with one attached hydrogen (secondary N) is 1. The maximum atomic E-state index is 12.4. The molecule has 1 fully saturated rings. The van der Waals surface area contributed by atoms with Crippen LogP contribution in [0.4, 0.5) is 0 Å². The molecule has 1 aliphatic carbocycles. The minimum atomic E-state index is -0.249. The number of carbonyl (C=O) groups excluding carboxylic acids is 1. The summed E-state index contributed by atoms with van der Waals surface area (Å²) in [6.45, 7) is 2.29. The first kappa shape index (κ1) is 17.4. The lowest BCUT2D eigenvalue weighted by molar-refractivity contribution is -0.120. The number of aromatic nitrogens is 3. The molecule has 0 aliphatic heterocycles. The van der Waals surface area contributed by atoms with E-state index in [0.29, 0.717) is 12.6 Å². The molecule has 0 radical (unpaired) electrons. The zero-order valence-electron chi connectivity index (χ0n) is 14.4. The Morgan fingerprint density at radius 3 is 3.00 bits per heavy atom. The molecule has 1 saturated carbocycles. The lowest BCUT2D eigenvalue weighted by Gasteiger charge is -2.12. The second-order valence-corrected chi connectivity index (χ2v) is 8.65. The maximum Gasteiger partial charge on any atom is 0.233 e. The standard InChI is InChI=1S/C18H20N4O2S2/c1-12(17(23)19-11-14-4-2-8-24-14)26-18-21-20-16(22(18)13-6-7-13)10-15-5-3-9-25-15/h2-5,8-9,12-13H,6-7,10-11H2,1H3,(H,19,23)/t12-/m0/s1. The zero-order chi connectivity index (χ0) is 17.9. The van der Waals surface area contributed by atoms with Crippen molar-refractivity contribution in [3.8, 4) is 0 Å². The smallest absolute Gasteiger partial charge is 0.233 e. The van der Waals surface area contributed by atoms with Crippen LogP contribution in [0.1, 0.15) is 42.3 Å². The molecular formula is C18H20N4O2S2. The number of thiophene rings is 1. The van der Waals surface area contributed by atoms with Gasteiger partial charge in [-0.1, -0.05) is 17.8 Å². The van der Waals surface area contributed by atoms with Crippen molar-refractivity contribution in [3.63, 3.8) is 0 Å². The van der Waals surface area contributed by atoms with Crippen LogP contribution in [0.2, 0.25) is 0 Å². The average Bonchev–Trinajstić information content (AvgIpc) is 3.06. The average molecular weight is 389 g/mol. The van der Waals surface area contributed by atoms with Gasteiger partial charge < -0.3 is 14.3 Å². The monoisotopic (exact) mass is 388 g/mol. The predicted octanol–water partition coefficient (Wildman–Crippen LogP) is 3.66. The first-order chi connectivity index (χ1) is 12.7. The second kappa shape index (κ2) is 7.67. The van der Waals surface area contributed by atoms with Gasteiger partial charge in [-0.25, -0.2) is 0 Å². The van der Waals surface area contributed by atoms with Crippen molar-refractivity contribution in [2.24, 2.45) is 0 Å². The Morgan fingerprint density at radius 2 is 2.31 bits per heavy atom. The van der Waals surface area contributed by atoms with Crippen LogP contribution < -0.4 is 5.32 Å². The van der Waals surface area contributed by atoms with Crippen LogP contribution >= 0.6 is 23.1 Å². The lowest BCUT2D eigenvalue weighted by atomic mass is 10.3. The van der Waals surface area contributed by atoms with Crippen LogP contribution in [0.3, 0.4) is 0 Å². The molecule has 0 saturated heterocycles. The summed E-state index contributed by atoms with van der Waals surface area (Å²) in [5.41, 5.74) is 0. The van der Waals surface area contributed by atoms with Crippen molar-refractivity contribution < 1.29 is 9.21 Å². The Labute approximate surface area is 160 Å². The third-order valence-electron chi connectivity index (χ3n) is 4.23. The molecule has 6 nitrogen and oxygen atoms in total. The predicted molar refractivity (Wildman–Crippen MR) is 101 cm³/mol. The van der Waals surface area contributed by atoms with Gasteiger partial charge in [-0.15, -0.1) is 21.5 Å². The summed E-state index contributed by atoms with van der Waals surface area (Å²) in [6.07, 6.45) is 4.71. The van der Waals surface area contributed by atoms with E-state index in [1.54, 1.807) is 17.6 Å². The molecular weight excluding hydrogens is 368 g/mol. The van der Waals surface area contributed by atoms with Crippen LogP contribution in [0.25, 0.3) is 0 Å². The van der Waals surface area contributed by atoms with E-state index < -0.39 is 0 Å². The van der Waals surface area contributed by atoms with E-state index in [1.807, 2.05) is 19.1 Å². The third kappa shape index (κ3) is 4.02. The van der Waals surface area contributed by atoms with Crippen molar-refractivity contribution in [2.45, 2.75) is 49.2 Å². The molecule has 3 heterocycles. The number of rotatable bonds is 8. The normalized spacial score (nSPS) is 15.1. The quantitative estimate of drug-likeness (QED) is 0.596. The number of hydrogen-bond acceptors (Lipinski definition) is 6. The third-order valence-corrected chi connectivity index (χ3v) is 6.16. The maximum absolute atomic E-state index is 12.4. The van der Waals surface area contributed by atoms with E-state index in [2.05, 4.69) is 37.6 Å². The van der Waals surface area contributed by atoms with Gasteiger partial charge in [0.25, 0.3) is 0 Å². The summed E-state index contributed by atoms with van der Waals surface area (Å²) in [5.74, 6) is 1.70. The molecule has 0 unspecified atom stereocenters. The van der Waals surface area contributed by atoms with Gasteiger partial charge in [0.1, 0.15) is 11.6 Å². The van der Waals surface area contributed by atoms with Gasteiger partial charge in [-0.3, -0.25) is 4.79 Å². The molecule has 3 aromatic rings. The summed E-state index contributed by atoms with van der Waals surface area (Å²) in [4.78, 5) is 13.7. The molecule has 26 heavy (non-hydrogen) atoms. The molecule has 8 heteroatoms. The highest BCUT2D eigenvalue weighted by Crippen LogP contribution is 2.40. The van der Waals surface area contributed by atoms with Gasteiger partial charge in [-0.2, -0.15) is 0 Å². The minimum absolute atomic E-state index is 0.0310. The molecule has 1 N–H and O–H groups in total. The fourth-order valence-electron chi connectivity index (χ4n) is 2.72. The molecule has 1 atom stereocenters. The fraction of sp³-hybridized carbons (Fsp3) is 0.389. The van der Waals surface area contributed by atoms with Crippen molar-refractivity contribution in [2.75, 3.05) is 0 Å². The van der Waals surface area contributed by atoms with E-state index in [0.717, 1.165) is 36.0 Å². The van der Waals surface area contributed by atoms with E-state index in [4.69, 9.17) is 4.42 Å². The number of hydrogen-bond donors (Lipinski definition) is 1. The summed E-state index contributed by atoms with van der Waals surface area (Å²) in [5, 5.41) is 14.3. The number of furan rings is 1. The van der Waals surface area contributed by atoms with Gasteiger partial charge in [-0.05, 0) is 43.3 Å². The van der Waals surface area contributed by atoms with Crippen LogP contribution in [-0.2, 0) is 17.8 Å². The second-order valence-electron chi connectivity index (χ2n) is 6.31. The van der Waals surface area contributed by atoms with Gasteiger partial charge in [0.15, 0.2) is 5.16 Å². The van der Waals surface area contributed by atoms with Crippen molar-refractivity contribution in [1.82, 2.24) is 20.1 Å². The van der Waals surface area contributed by atoms with Crippen molar-refractivity contribution >= 4 is 29.0 Å². The Hall–Kier alpha value is -2.06.